The Hall–Kier alpha value is -2.02. The van der Waals surface area contributed by atoms with E-state index in [1.807, 2.05) is 0 Å². The lowest BCUT2D eigenvalue weighted by molar-refractivity contribution is 0.0526. The molecule has 0 aromatic carbocycles. The van der Waals surface area contributed by atoms with Crippen LogP contribution in [0, 0.1) is 4.91 Å². The molecule has 0 aliphatic rings. The molecular weight excluding hydrogens is 250 g/mol. The second kappa shape index (κ2) is 8.15. The van der Waals surface area contributed by atoms with Gasteiger partial charge in [-0.15, -0.1) is 4.91 Å². The first-order valence-electron chi connectivity index (χ1n) is 5.96. The number of esters is 1. The Balaban J connectivity index is 2.73. The molecule has 0 saturated heterocycles. The zero-order valence-corrected chi connectivity index (χ0v) is 11.0. The molecular formula is C12H17N3O4. The first kappa shape index (κ1) is 15.0. The molecule has 1 N–H and O–H groups in total. The van der Waals surface area contributed by atoms with Crippen LogP contribution in [0.3, 0.4) is 0 Å². The molecule has 1 rings (SSSR count). The summed E-state index contributed by atoms with van der Waals surface area (Å²) in [5.74, 6) is -0.176. The second-order valence-electron chi connectivity index (χ2n) is 3.68. The number of anilines is 1. The Kier molecular flexibility index (Phi) is 6.45. The van der Waals surface area contributed by atoms with Crippen LogP contribution in [0.15, 0.2) is 17.4 Å². The van der Waals surface area contributed by atoms with Crippen LogP contribution >= 0.6 is 0 Å². The number of pyridine rings is 1. The average molecular weight is 267 g/mol. The molecule has 0 aliphatic heterocycles. The number of nitrogens with zero attached hydrogens (tertiary/aromatic N) is 2. The number of carbonyl (C=O) groups excluding carboxylic acids is 1. The lowest BCUT2D eigenvalue weighted by atomic mass is 10.2. The number of carbonyl (C=O) groups is 1. The molecule has 1 aromatic heterocycles. The van der Waals surface area contributed by atoms with E-state index in [1.165, 1.54) is 12.3 Å². The highest BCUT2D eigenvalue weighted by atomic mass is 16.5. The third kappa shape index (κ3) is 4.63. The number of aromatic nitrogens is 1. The first-order chi connectivity index (χ1) is 9.22. The Morgan fingerprint density at radius 3 is 2.95 bits per heavy atom. The van der Waals surface area contributed by atoms with Crippen LogP contribution in [0.5, 0.6) is 0 Å². The molecule has 0 fully saturated rings. The van der Waals surface area contributed by atoms with Gasteiger partial charge in [-0.2, -0.15) is 0 Å². The predicted octanol–water partition coefficient (Wildman–Crippen LogP) is 2.10. The van der Waals surface area contributed by atoms with Crippen molar-refractivity contribution in [2.24, 2.45) is 5.18 Å². The van der Waals surface area contributed by atoms with Gasteiger partial charge in [0, 0.05) is 26.5 Å². The molecule has 104 valence electrons. The van der Waals surface area contributed by atoms with Gasteiger partial charge in [0.1, 0.15) is 0 Å². The van der Waals surface area contributed by atoms with Crippen molar-refractivity contribution in [1.29, 1.82) is 0 Å². The van der Waals surface area contributed by atoms with Gasteiger partial charge < -0.3 is 14.8 Å². The summed E-state index contributed by atoms with van der Waals surface area (Å²) >= 11 is 0. The number of ether oxygens (including phenoxy) is 2. The summed E-state index contributed by atoms with van der Waals surface area (Å²) in [7, 11) is 1.62. The van der Waals surface area contributed by atoms with Gasteiger partial charge in [0.2, 0.25) is 0 Å². The molecule has 19 heavy (non-hydrogen) atoms. The number of rotatable bonds is 8. The Morgan fingerprint density at radius 1 is 1.53 bits per heavy atom. The number of methoxy groups -OCH3 is 1. The maximum atomic E-state index is 11.5. The minimum Gasteiger partial charge on any atom is -0.462 e. The van der Waals surface area contributed by atoms with Gasteiger partial charge in [-0.1, -0.05) is 0 Å². The maximum Gasteiger partial charge on any atom is 0.339 e. The fourth-order valence-corrected chi connectivity index (χ4v) is 1.41. The molecule has 0 aliphatic carbocycles. The van der Waals surface area contributed by atoms with Crippen molar-refractivity contribution in [2.45, 2.75) is 13.3 Å². The van der Waals surface area contributed by atoms with Crippen molar-refractivity contribution >= 4 is 17.5 Å². The van der Waals surface area contributed by atoms with Crippen molar-refractivity contribution in [2.75, 3.05) is 32.2 Å². The van der Waals surface area contributed by atoms with Gasteiger partial charge in [0.05, 0.1) is 12.2 Å². The predicted molar refractivity (Wildman–Crippen MR) is 70.6 cm³/mol. The van der Waals surface area contributed by atoms with Crippen LogP contribution in [-0.4, -0.2) is 37.8 Å². The molecule has 0 atom stereocenters. The Morgan fingerprint density at radius 2 is 2.32 bits per heavy atom. The SMILES string of the molecule is CCOC(=O)c1cnc(NCCCOC)c(N=O)c1. The summed E-state index contributed by atoms with van der Waals surface area (Å²) in [6.07, 6.45) is 2.13. The fourth-order valence-electron chi connectivity index (χ4n) is 1.41. The van der Waals surface area contributed by atoms with E-state index in [2.05, 4.69) is 15.5 Å². The lowest BCUT2D eigenvalue weighted by Crippen LogP contribution is -2.08. The van der Waals surface area contributed by atoms with Gasteiger partial charge in [-0.25, -0.2) is 9.78 Å². The van der Waals surface area contributed by atoms with E-state index in [9.17, 15) is 9.70 Å². The van der Waals surface area contributed by atoms with Crippen molar-refractivity contribution in [3.8, 4) is 0 Å². The van der Waals surface area contributed by atoms with Crippen LogP contribution in [0.4, 0.5) is 11.5 Å². The molecule has 0 unspecified atom stereocenters. The zero-order valence-electron chi connectivity index (χ0n) is 11.0. The van der Waals surface area contributed by atoms with Crippen molar-refractivity contribution in [3.05, 3.63) is 22.7 Å². The highest BCUT2D eigenvalue weighted by Gasteiger charge is 2.12. The van der Waals surface area contributed by atoms with E-state index in [4.69, 9.17) is 9.47 Å². The second-order valence-corrected chi connectivity index (χ2v) is 3.68. The van der Waals surface area contributed by atoms with Crippen LogP contribution in [-0.2, 0) is 9.47 Å². The van der Waals surface area contributed by atoms with E-state index in [-0.39, 0.29) is 17.9 Å². The van der Waals surface area contributed by atoms with Gasteiger partial charge in [-0.05, 0) is 24.6 Å². The molecule has 0 amide bonds. The maximum absolute atomic E-state index is 11.5. The lowest BCUT2D eigenvalue weighted by Gasteiger charge is -2.08. The van der Waals surface area contributed by atoms with Crippen LogP contribution in [0.25, 0.3) is 0 Å². The molecule has 0 saturated carbocycles. The number of nitrogens with one attached hydrogen (secondary N) is 1. The number of hydrogen-bond donors (Lipinski definition) is 1. The van der Waals surface area contributed by atoms with Gasteiger partial charge >= 0.3 is 5.97 Å². The summed E-state index contributed by atoms with van der Waals surface area (Å²) in [6.45, 7) is 3.18. The summed E-state index contributed by atoms with van der Waals surface area (Å²) in [4.78, 5) is 26.2. The summed E-state index contributed by atoms with van der Waals surface area (Å²) in [6, 6.07) is 1.36. The van der Waals surface area contributed by atoms with Crippen LogP contribution < -0.4 is 5.32 Å². The molecule has 0 radical (unpaired) electrons. The highest BCUT2D eigenvalue weighted by Crippen LogP contribution is 2.23. The van der Waals surface area contributed by atoms with E-state index in [0.29, 0.717) is 19.0 Å². The average Bonchev–Trinajstić information content (AvgIpc) is 2.44. The van der Waals surface area contributed by atoms with Gasteiger partial charge in [-0.3, -0.25) is 0 Å². The van der Waals surface area contributed by atoms with Gasteiger partial charge in [0.15, 0.2) is 11.5 Å². The zero-order chi connectivity index (χ0) is 14.1. The standard InChI is InChI=1S/C12H17N3O4/c1-3-19-12(16)9-7-10(15-17)11(14-8-9)13-5-4-6-18-2/h7-8H,3-6H2,1-2H3,(H,13,14). The Labute approximate surface area is 111 Å². The fraction of sp³-hybridized carbons (Fsp3) is 0.500. The smallest absolute Gasteiger partial charge is 0.339 e. The Bertz CT molecular complexity index is 437. The van der Waals surface area contributed by atoms with Gasteiger partial charge in [0.25, 0.3) is 0 Å². The largest absolute Gasteiger partial charge is 0.462 e. The molecule has 1 aromatic rings. The van der Waals surface area contributed by atoms with E-state index >= 15 is 0 Å². The molecule has 0 spiro atoms. The van der Waals surface area contributed by atoms with Crippen LogP contribution in [0.2, 0.25) is 0 Å². The van der Waals surface area contributed by atoms with Crippen LogP contribution in [0.1, 0.15) is 23.7 Å². The first-order valence-corrected chi connectivity index (χ1v) is 5.96. The minimum atomic E-state index is -0.522. The molecule has 0 bridgehead atoms. The molecule has 7 nitrogen and oxygen atoms in total. The third-order valence-electron chi connectivity index (χ3n) is 2.29. The minimum absolute atomic E-state index is 0.0861. The normalized spacial score (nSPS) is 10.0. The monoisotopic (exact) mass is 267 g/mol. The summed E-state index contributed by atoms with van der Waals surface area (Å²) in [5, 5.41) is 5.82. The highest BCUT2D eigenvalue weighted by molar-refractivity contribution is 5.90. The summed E-state index contributed by atoms with van der Waals surface area (Å²) < 4.78 is 9.73. The third-order valence-corrected chi connectivity index (χ3v) is 2.29. The van der Waals surface area contributed by atoms with E-state index < -0.39 is 5.97 Å². The van der Waals surface area contributed by atoms with Crippen molar-refractivity contribution < 1.29 is 14.3 Å². The number of hydrogen-bond acceptors (Lipinski definition) is 7. The van der Waals surface area contributed by atoms with Crippen molar-refractivity contribution in [3.63, 3.8) is 0 Å². The number of nitroso groups, excluding NO2 is 1. The molecule has 7 heteroatoms. The van der Waals surface area contributed by atoms with E-state index in [0.717, 1.165) is 6.42 Å². The molecule has 1 heterocycles. The quantitative estimate of drug-likeness (QED) is 0.440. The van der Waals surface area contributed by atoms with E-state index in [1.54, 1.807) is 14.0 Å². The summed E-state index contributed by atoms with van der Waals surface area (Å²) in [5.41, 5.74) is 0.293. The van der Waals surface area contributed by atoms with Crippen molar-refractivity contribution in [1.82, 2.24) is 4.98 Å². The topological polar surface area (TPSA) is 89.9 Å².